The van der Waals surface area contributed by atoms with Crippen molar-refractivity contribution in [1.82, 2.24) is 4.90 Å². The fourth-order valence-electron chi connectivity index (χ4n) is 2.39. The largest absolute Gasteiger partial charge is 0.392 e. The molecule has 0 bridgehead atoms. The van der Waals surface area contributed by atoms with Crippen LogP contribution in [0.3, 0.4) is 0 Å². The molecule has 0 aromatic heterocycles. The first-order chi connectivity index (χ1) is 8.61. The van der Waals surface area contributed by atoms with E-state index in [2.05, 4.69) is 0 Å². The van der Waals surface area contributed by atoms with E-state index in [9.17, 15) is 13.9 Å². The second-order valence-corrected chi connectivity index (χ2v) is 4.48. The van der Waals surface area contributed by atoms with Crippen LogP contribution < -0.4 is 0 Å². The summed E-state index contributed by atoms with van der Waals surface area (Å²) >= 11 is 0. The number of aliphatic hydroxyl groups excluding tert-OH is 1. The van der Waals surface area contributed by atoms with E-state index in [0.717, 1.165) is 12.1 Å². The number of benzene rings is 1. The van der Waals surface area contributed by atoms with Gasteiger partial charge in [0.15, 0.2) is 11.6 Å². The number of halogens is 2. The Labute approximate surface area is 104 Å². The average Bonchev–Trinajstić information content (AvgIpc) is 2.71. The summed E-state index contributed by atoms with van der Waals surface area (Å²) in [5.74, 6) is -1.75. The minimum absolute atomic E-state index is 0.150. The van der Waals surface area contributed by atoms with E-state index in [1.807, 2.05) is 11.0 Å². The Balaban J connectivity index is 2.19. The molecule has 2 rings (SSSR count). The topological polar surface area (TPSA) is 47.3 Å². The van der Waals surface area contributed by atoms with E-state index < -0.39 is 17.7 Å². The van der Waals surface area contributed by atoms with Crippen molar-refractivity contribution in [2.75, 3.05) is 13.1 Å². The number of nitriles is 1. The first-order valence-electron chi connectivity index (χ1n) is 5.86. The molecule has 0 saturated carbocycles. The maximum absolute atomic E-state index is 13.2. The molecule has 1 aliphatic heterocycles. The summed E-state index contributed by atoms with van der Waals surface area (Å²) in [5.41, 5.74) is 0.642. The van der Waals surface area contributed by atoms with Gasteiger partial charge in [0.1, 0.15) is 0 Å². The van der Waals surface area contributed by atoms with Crippen LogP contribution >= 0.6 is 0 Å². The monoisotopic (exact) mass is 252 g/mol. The Hall–Kier alpha value is -1.51. The number of rotatable bonds is 3. The lowest BCUT2D eigenvalue weighted by molar-refractivity contribution is 0.176. The van der Waals surface area contributed by atoms with Crippen molar-refractivity contribution in [3.63, 3.8) is 0 Å². The molecule has 1 fully saturated rings. The second-order valence-electron chi connectivity index (χ2n) is 4.48. The molecule has 1 aromatic rings. The molecule has 1 heterocycles. The number of nitrogens with zero attached hydrogens (tertiary/aromatic N) is 2. The van der Waals surface area contributed by atoms with Crippen LogP contribution in [0.25, 0.3) is 0 Å². The van der Waals surface area contributed by atoms with Crippen molar-refractivity contribution in [3.05, 3.63) is 35.4 Å². The van der Waals surface area contributed by atoms with Gasteiger partial charge in [-0.3, -0.25) is 4.90 Å². The molecule has 0 amide bonds. The molecule has 1 N–H and O–H groups in total. The summed E-state index contributed by atoms with van der Waals surface area (Å²) in [6, 6.07) is 5.68. The molecule has 0 aliphatic carbocycles. The third kappa shape index (κ3) is 2.66. The van der Waals surface area contributed by atoms with Crippen molar-refractivity contribution < 1.29 is 13.9 Å². The zero-order valence-corrected chi connectivity index (χ0v) is 9.81. The van der Waals surface area contributed by atoms with Crippen molar-refractivity contribution in [2.24, 2.45) is 0 Å². The Kier molecular flexibility index (Phi) is 3.90. The van der Waals surface area contributed by atoms with Gasteiger partial charge in [-0.25, -0.2) is 8.78 Å². The molecule has 1 saturated heterocycles. The SMILES string of the molecule is N#CCCN1CC(O)CC1c1ccc(F)c(F)c1. The summed E-state index contributed by atoms with van der Waals surface area (Å²) in [7, 11) is 0. The van der Waals surface area contributed by atoms with Crippen molar-refractivity contribution in [1.29, 1.82) is 5.26 Å². The lowest BCUT2D eigenvalue weighted by Crippen LogP contribution is -2.25. The highest BCUT2D eigenvalue weighted by atomic mass is 19.2. The normalized spacial score (nSPS) is 24.1. The fourth-order valence-corrected chi connectivity index (χ4v) is 2.39. The molecular weight excluding hydrogens is 238 g/mol. The molecule has 0 spiro atoms. The van der Waals surface area contributed by atoms with Gasteiger partial charge in [0.2, 0.25) is 0 Å². The van der Waals surface area contributed by atoms with Gasteiger partial charge < -0.3 is 5.11 Å². The molecule has 5 heteroatoms. The van der Waals surface area contributed by atoms with E-state index in [1.54, 1.807) is 0 Å². The molecule has 1 aromatic carbocycles. The van der Waals surface area contributed by atoms with Crippen LogP contribution in [-0.4, -0.2) is 29.2 Å². The lowest BCUT2D eigenvalue weighted by atomic mass is 10.0. The molecule has 2 unspecified atom stereocenters. The Morgan fingerprint density at radius 2 is 2.17 bits per heavy atom. The third-order valence-corrected chi connectivity index (χ3v) is 3.22. The Morgan fingerprint density at radius 3 is 2.83 bits per heavy atom. The molecule has 18 heavy (non-hydrogen) atoms. The van der Waals surface area contributed by atoms with Crippen LogP contribution in [-0.2, 0) is 0 Å². The molecule has 96 valence electrons. The van der Waals surface area contributed by atoms with Crippen LogP contribution in [0, 0.1) is 23.0 Å². The quantitative estimate of drug-likeness (QED) is 0.894. The van der Waals surface area contributed by atoms with E-state index in [4.69, 9.17) is 5.26 Å². The van der Waals surface area contributed by atoms with E-state index in [1.165, 1.54) is 6.07 Å². The van der Waals surface area contributed by atoms with Crippen LogP contribution in [0.1, 0.15) is 24.4 Å². The summed E-state index contributed by atoms with van der Waals surface area (Å²) in [4.78, 5) is 1.93. The number of aliphatic hydroxyl groups is 1. The summed E-state index contributed by atoms with van der Waals surface area (Å²) in [6.45, 7) is 0.989. The number of β-amino-alcohol motifs (C(OH)–C–C–N with tert-alkyl or cyclic N) is 1. The molecular formula is C13H14F2N2O. The minimum Gasteiger partial charge on any atom is -0.392 e. The van der Waals surface area contributed by atoms with Gasteiger partial charge in [-0.15, -0.1) is 0 Å². The van der Waals surface area contributed by atoms with E-state index in [-0.39, 0.29) is 6.04 Å². The van der Waals surface area contributed by atoms with Gasteiger partial charge in [0.25, 0.3) is 0 Å². The Bertz CT molecular complexity index is 473. The number of hydrogen-bond donors (Lipinski definition) is 1. The first kappa shape index (κ1) is 12.9. The van der Waals surface area contributed by atoms with Crippen LogP contribution in [0.5, 0.6) is 0 Å². The van der Waals surface area contributed by atoms with E-state index >= 15 is 0 Å². The second kappa shape index (κ2) is 5.42. The molecule has 2 atom stereocenters. The summed E-state index contributed by atoms with van der Waals surface area (Å²) in [5, 5.41) is 18.2. The molecule has 0 radical (unpaired) electrons. The highest BCUT2D eigenvalue weighted by molar-refractivity contribution is 5.22. The highest BCUT2D eigenvalue weighted by Crippen LogP contribution is 2.32. The van der Waals surface area contributed by atoms with Gasteiger partial charge in [-0.2, -0.15) is 5.26 Å². The summed E-state index contributed by atoms with van der Waals surface area (Å²) < 4.78 is 26.1. The maximum atomic E-state index is 13.2. The maximum Gasteiger partial charge on any atom is 0.159 e. The predicted octanol–water partition coefficient (Wildman–Crippen LogP) is 1.99. The number of likely N-dealkylation sites (tertiary alicyclic amines) is 1. The van der Waals surface area contributed by atoms with Gasteiger partial charge in [0.05, 0.1) is 12.2 Å². The van der Waals surface area contributed by atoms with E-state index in [0.29, 0.717) is 31.5 Å². The van der Waals surface area contributed by atoms with Crippen LogP contribution in [0.15, 0.2) is 18.2 Å². The van der Waals surface area contributed by atoms with Crippen LogP contribution in [0.2, 0.25) is 0 Å². The fraction of sp³-hybridized carbons (Fsp3) is 0.462. The van der Waals surface area contributed by atoms with Gasteiger partial charge in [0, 0.05) is 25.6 Å². The van der Waals surface area contributed by atoms with Gasteiger partial charge in [-0.1, -0.05) is 6.07 Å². The zero-order chi connectivity index (χ0) is 13.1. The number of hydrogen-bond acceptors (Lipinski definition) is 3. The molecule has 3 nitrogen and oxygen atoms in total. The third-order valence-electron chi connectivity index (χ3n) is 3.22. The standard InChI is InChI=1S/C13H14F2N2O/c14-11-3-2-9(6-12(11)15)13-7-10(18)8-17(13)5-1-4-16/h2-3,6,10,13,18H,1,5,7-8H2. The lowest BCUT2D eigenvalue weighted by Gasteiger charge is -2.23. The Morgan fingerprint density at radius 1 is 1.39 bits per heavy atom. The van der Waals surface area contributed by atoms with Gasteiger partial charge >= 0.3 is 0 Å². The van der Waals surface area contributed by atoms with Gasteiger partial charge in [-0.05, 0) is 24.1 Å². The van der Waals surface area contributed by atoms with Crippen molar-refractivity contribution >= 4 is 0 Å². The smallest absolute Gasteiger partial charge is 0.159 e. The first-order valence-corrected chi connectivity index (χ1v) is 5.86. The average molecular weight is 252 g/mol. The zero-order valence-electron chi connectivity index (χ0n) is 9.81. The van der Waals surface area contributed by atoms with Crippen LogP contribution in [0.4, 0.5) is 8.78 Å². The highest BCUT2D eigenvalue weighted by Gasteiger charge is 2.31. The van der Waals surface area contributed by atoms with Crippen molar-refractivity contribution in [2.45, 2.75) is 25.0 Å². The summed E-state index contributed by atoms with van der Waals surface area (Å²) in [6.07, 6.45) is 0.352. The predicted molar refractivity (Wildman–Crippen MR) is 61.5 cm³/mol. The van der Waals surface area contributed by atoms with Crippen molar-refractivity contribution in [3.8, 4) is 6.07 Å². The minimum atomic E-state index is -0.880. The molecule has 1 aliphatic rings.